The molecule has 3 aliphatic carbocycles. The first-order chi connectivity index (χ1) is 15.1. The molecular weight excluding hydrogens is 416 g/mol. The third-order valence-electron chi connectivity index (χ3n) is 8.78. The minimum Gasteiger partial charge on any atom is -0.409 e. The number of Topliss-reactive ketones (excluding diaryl/α,β-unsaturated/α-hetero) is 1. The number of aliphatic hydroxyl groups is 2. The average Bonchev–Trinajstić information content (AvgIpc) is 3.54. The van der Waals surface area contributed by atoms with Gasteiger partial charge in [-0.25, -0.2) is 0 Å². The Labute approximate surface area is 196 Å². The van der Waals surface area contributed by atoms with Crippen LogP contribution in [0.2, 0.25) is 18.1 Å². The van der Waals surface area contributed by atoms with Crippen molar-refractivity contribution in [2.24, 2.45) is 10.8 Å². The van der Waals surface area contributed by atoms with Gasteiger partial charge in [0, 0.05) is 16.4 Å². The molecule has 1 fully saturated rings. The fraction of sp³-hybridized carbons (Fsp3) is 0.815. The van der Waals surface area contributed by atoms with Gasteiger partial charge < -0.3 is 14.6 Å². The van der Waals surface area contributed by atoms with Crippen molar-refractivity contribution in [1.82, 2.24) is 0 Å². The maximum Gasteiger partial charge on any atom is 0.195 e. The Morgan fingerprint density at radius 3 is 1.94 bits per heavy atom. The lowest BCUT2D eigenvalue weighted by Gasteiger charge is -2.44. The van der Waals surface area contributed by atoms with Gasteiger partial charge in [0.25, 0.3) is 0 Å². The molecule has 3 rings (SSSR count). The molecule has 0 bridgehead atoms. The number of carbonyl (C=O) groups is 1. The van der Waals surface area contributed by atoms with E-state index in [1.54, 1.807) is 6.92 Å². The van der Waals surface area contributed by atoms with Crippen LogP contribution >= 0.6 is 0 Å². The Morgan fingerprint density at radius 2 is 1.53 bits per heavy atom. The third-order valence-corrected chi connectivity index (χ3v) is 13.3. The molecule has 0 aromatic heterocycles. The maximum absolute atomic E-state index is 13.5. The molecule has 0 unspecified atom stereocenters. The third kappa shape index (κ3) is 4.12. The summed E-state index contributed by atoms with van der Waals surface area (Å²) in [6, 6.07) is 3.46. The van der Waals surface area contributed by atoms with E-state index < -0.39 is 24.7 Å². The minimum absolute atomic E-state index is 0.0554. The summed E-state index contributed by atoms with van der Waals surface area (Å²) in [4.78, 5) is 13.5. The SMILES string of the molecule is CCCC[Si](CCCC)(CCCC)O[C@@H]1C2=C(C)C3(CC3)[C@@](C)(O)C(=O)C2=C[C@@]1(C)CO. The van der Waals surface area contributed by atoms with E-state index in [4.69, 9.17) is 4.43 Å². The molecule has 1 saturated carbocycles. The largest absolute Gasteiger partial charge is 0.409 e. The molecule has 0 amide bonds. The molecule has 0 heterocycles. The molecule has 0 radical (unpaired) electrons. The molecule has 0 aromatic carbocycles. The second-order valence-corrected chi connectivity index (χ2v) is 15.3. The standard InChI is InChI=1S/C27H46O4Si/c1-7-10-15-32(16-11-8-2,17-12-9-3)31-24-22-20(4)27(13-14-27)26(6,30)23(29)21(22)18-25(24,5)19-28/h18,24,28,30H,7-17,19H2,1-6H3/t24-,25+,26+/m1/s1. The van der Waals surface area contributed by atoms with E-state index in [9.17, 15) is 15.0 Å². The lowest BCUT2D eigenvalue weighted by molar-refractivity contribution is -0.137. The summed E-state index contributed by atoms with van der Waals surface area (Å²) in [5.74, 6) is -0.177. The first kappa shape index (κ1) is 25.9. The van der Waals surface area contributed by atoms with Crippen LogP contribution in [0.15, 0.2) is 22.8 Å². The first-order valence-corrected chi connectivity index (χ1v) is 15.6. The Kier molecular flexibility index (Phi) is 7.66. The predicted molar refractivity (Wildman–Crippen MR) is 133 cm³/mol. The summed E-state index contributed by atoms with van der Waals surface area (Å²) in [7, 11) is -2.07. The van der Waals surface area contributed by atoms with E-state index in [0.29, 0.717) is 5.57 Å². The number of rotatable bonds is 12. The molecular formula is C27H46O4Si. The highest BCUT2D eigenvalue weighted by Gasteiger charge is 2.67. The molecule has 5 heteroatoms. The van der Waals surface area contributed by atoms with Crippen LogP contribution in [0, 0.1) is 10.8 Å². The van der Waals surface area contributed by atoms with Gasteiger partial charge in [0.1, 0.15) is 5.60 Å². The van der Waals surface area contributed by atoms with Gasteiger partial charge in [-0.1, -0.05) is 77.9 Å². The Hall–Kier alpha value is -0.753. The number of carbonyl (C=O) groups excluding carboxylic acids is 1. The van der Waals surface area contributed by atoms with Gasteiger partial charge in [0.05, 0.1) is 12.7 Å². The minimum atomic E-state index is -2.07. The van der Waals surface area contributed by atoms with Crippen LogP contribution in [0.3, 0.4) is 0 Å². The zero-order valence-electron chi connectivity index (χ0n) is 21.4. The number of ketones is 1. The number of hydrogen-bond acceptors (Lipinski definition) is 4. The fourth-order valence-corrected chi connectivity index (χ4v) is 11.2. The van der Waals surface area contributed by atoms with E-state index in [1.165, 1.54) is 19.3 Å². The van der Waals surface area contributed by atoms with E-state index in [2.05, 4.69) is 27.7 Å². The molecule has 3 atom stereocenters. The summed E-state index contributed by atoms with van der Waals surface area (Å²) in [6.45, 7) is 12.5. The number of unbranched alkanes of at least 4 members (excludes halogenated alkanes) is 3. The van der Waals surface area contributed by atoms with Crippen molar-refractivity contribution in [2.75, 3.05) is 6.61 Å². The van der Waals surface area contributed by atoms with Gasteiger partial charge >= 0.3 is 0 Å². The lowest BCUT2D eigenvalue weighted by Crippen LogP contribution is -2.52. The van der Waals surface area contributed by atoms with Crippen LogP contribution < -0.4 is 0 Å². The van der Waals surface area contributed by atoms with Crippen molar-refractivity contribution in [3.63, 3.8) is 0 Å². The molecule has 4 nitrogen and oxygen atoms in total. The average molecular weight is 463 g/mol. The summed E-state index contributed by atoms with van der Waals surface area (Å²) in [6.07, 6.45) is 10.4. The first-order valence-electron chi connectivity index (χ1n) is 13.1. The van der Waals surface area contributed by atoms with E-state index in [-0.39, 0.29) is 18.5 Å². The van der Waals surface area contributed by atoms with E-state index in [0.717, 1.165) is 61.4 Å². The van der Waals surface area contributed by atoms with E-state index >= 15 is 0 Å². The van der Waals surface area contributed by atoms with Crippen molar-refractivity contribution in [2.45, 2.75) is 123 Å². The highest BCUT2D eigenvalue weighted by atomic mass is 28.4. The normalized spacial score (nSPS) is 31.3. The molecule has 0 aliphatic heterocycles. The van der Waals surface area contributed by atoms with Crippen molar-refractivity contribution < 1.29 is 19.4 Å². The van der Waals surface area contributed by atoms with Gasteiger partial charge in [-0.2, -0.15) is 0 Å². The lowest BCUT2D eigenvalue weighted by atomic mass is 9.67. The predicted octanol–water partition coefficient (Wildman–Crippen LogP) is 6.09. The zero-order chi connectivity index (χ0) is 23.8. The molecule has 182 valence electrons. The maximum atomic E-state index is 13.5. The number of fused-ring (bicyclic) bond motifs is 1. The highest BCUT2D eigenvalue weighted by molar-refractivity contribution is 6.73. The molecule has 2 N–H and O–H groups in total. The zero-order valence-corrected chi connectivity index (χ0v) is 22.4. The Morgan fingerprint density at radius 1 is 1.03 bits per heavy atom. The highest BCUT2D eigenvalue weighted by Crippen LogP contribution is 2.66. The molecule has 1 spiro atoms. The molecule has 32 heavy (non-hydrogen) atoms. The summed E-state index contributed by atoms with van der Waals surface area (Å²) in [5, 5.41) is 21.8. The van der Waals surface area contributed by atoms with Crippen molar-refractivity contribution in [3.05, 3.63) is 22.8 Å². The summed E-state index contributed by atoms with van der Waals surface area (Å²) in [5.41, 5.74) is 0.298. The van der Waals surface area contributed by atoms with Gasteiger partial charge in [0.2, 0.25) is 0 Å². The Balaban J connectivity index is 2.08. The van der Waals surface area contributed by atoms with Crippen LogP contribution in [0.5, 0.6) is 0 Å². The molecule has 0 saturated heterocycles. The van der Waals surface area contributed by atoms with Gasteiger partial charge in [-0.15, -0.1) is 0 Å². The fourth-order valence-electron chi connectivity index (χ4n) is 6.25. The quantitative estimate of drug-likeness (QED) is 0.345. The number of hydrogen-bond donors (Lipinski definition) is 2. The van der Waals surface area contributed by atoms with Gasteiger partial charge in [0.15, 0.2) is 14.1 Å². The van der Waals surface area contributed by atoms with Crippen LogP contribution in [0.1, 0.15) is 92.9 Å². The van der Waals surface area contributed by atoms with Crippen molar-refractivity contribution in [1.29, 1.82) is 0 Å². The molecule has 3 aliphatic rings. The topological polar surface area (TPSA) is 66.8 Å². The van der Waals surface area contributed by atoms with E-state index in [1.807, 2.05) is 13.0 Å². The van der Waals surface area contributed by atoms with Crippen LogP contribution in [0.4, 0.5) is 0 Å². The molecule has 0 aromatic rings. The second-order valence-electron chi connectivity index (χ2n) is 11.2. The van der Waals surface area contributed by atoms with Crippen LogP contribution in [-0.4, -0.2) is 42.6 Å². The summed E-state index contributed by atoms with van der Waals surface area (Å²) >= 11 is 0. The van der Waals surface area contributed by atoms with Crippen molar-refractivity contribution in [3.8, 4) is 0 Å². The Bertz CT molecular complexity index is 755. The van der Waals surface area contributed by atoms with Gasteiger partial charge in [-0.3, -0.25) is 4.79 Å². The second kappa shape index (κ2) is 9.48. The van der Waals surface area contributed by atoms with Crippen LogP contribution in [0.25, 0.3) is 0 Å². The number of aliphatic hydroxyl groups excluding tert-OH is 1. The van der Waals surface area contributed by atoms with Gasteiger partial charge in [-0.05, 0) is 50.4 Å². The van der Waals surface area contributed by atoms with Crippen LogP contribution in [-0.2, 0) is 9.22 Å². The van der Waals surface area contributed by atoms with Crippen molar-refractivity contribution >= 4 is 14.1 Å². The smallest absolute Gasteiger partial charge is 0.195 e. The monoisotopic (exact) mass is 462 g/mol. The summed E-state index contributed by atoms with van der Waals surface area (Å²) < 4.78 is 7.32.